The van der Waals surface area contributed by atoms with Gasteiger partial charge in [0.25, 0.3) is 0 Å². The van der Waals surface area contributed by atoms with Crippen molar-refractivity contribution in [3.63, 3.8) is 0 Å². The van der Waals surface area contributed by atoms with Crippen LogP contribution in [-0.4, -0.2) is 29.1 Å². The lowest BCUT2D eigenvalue weighted by Gasteiger charge is -2.26. The van der Waals surface area contributed by atoms with E-state index in [1.54, 1.807) is 4.90 Å². The van der Waals surface area contributed by atoms with Gasteiger partial charge in [-0.25, -0.2) is 0 Å². The van der Waals surface area contributed by atoms with Crippen LogP contribution in [-0.2, 0) is 11.0 Å². The number of hydrogen-bond donors (Lipinski definition) is 1. The van der Waals surface area contributed by atoms with Gasteiger partial charge in [-0.15, -0.1) is 0 Å². The summed E-state index contributed by atoms with van der Waals surface area (Å²) in [6.45, 7) is 1.03. The molecule has 0 aromatic heterocycles. The van der Waals surface area contributed by atoms with Crippen molar-refractivity contribution < 1.29 is 23.1 Å². The fourth-order valence-corrected chi connectivity index (χ4v) is 2.48. The van der Waals surface area contributed by atoms with Crippen LogP contribution in [0, 0.1) is 0 Å². The standard InChI is InChI=1S/C13H14F3NO2/c14-13(15,16)10-6-2-1-5-9(10)11(12(18)19)17-7-3-4-8-17/h1-2,5-6,11H,3-4,7-8H2,(H,18,19)/t11-/m1/s1. The van der Waals surface area contributed by atoms with E-state index in [0.717, 1.165) is 18.9 Å². The third-order valence-electron chi connectivity index (χ3n) is 3.30. The summed E-state index contributed by atoms with van der Waals surface area (Å²) in [6.07, 6.45) is -2.90. The SMILES string of the molecule is O=C(O)[C@@H](c1ccccc1C(F)(F)F)N1CCCC1. The number of benzene rings is 1. The van der Waals surface area contributed by atoms with Gasteiger partial charge in [0.05, 0.1) is 5.56 Å². The lowest BCUT2D eigenvalue weighted by Crippen LogP contribution is -2.33. The molecule has 104 valence electrons. The van der Waals surface area contributed by atoms with Gasteiger partial charge in [0.1, 0.15) is 6.04 Å². The van der Waals surface area contributed by atoms with Crippen molar-refractivity contribution in [1.82, 2.24) is 4.90 Å². The predicted molar refractivity (Wildman–Crippen MR) is 62.6 cm³/mol. The first-order valence-electron chi connectivity index (χ1n) is 6.04. The first-order chi connectivity index (χ1) is 8.91. The minimum atomic E-state index is -4.54. The third kappa shape index (κ3) is 2.89. The van der Waals surface area contributed by atoms with Crippen molar-refractivity contribution in [2.45, 2.75) is 25.1 Å². The summed E-state index contributed by atoms with van der Waals surface area (Å²) in [5, 5.41) is 9.27. The molecule has 3 nitrogen and oxygen atoms in total. The Morgan fingerprint density at radius 3 is 2.32 bits per heavy atom. The monoisotopic (exact) mass is 273 g/mol. The van der Waals surface area contributed by atoms with E-state index in [2.05, 4.69) is 0 Å². The molecule has 1 aromatic rings. The smallest absolute Gasteiger partial charge is 0.416 e. The predicted octanol–water partition coefficient (Wildman–Crippen LogP) is 2.93. The van der Waals surface area contributed by atoms with E-state index in [0.29, 0.717) is 13.1 Å². The largest absolute Gasteiger partial charge is 0.480 e. The molecule has 1 N–H and O–H groups in total. The zero-order valence-corrected chi connectivity index (χ0v) is 10.2. The molecule has 1 saturated heterocycles. The first kappa shape index (κ1) is 13.9. The van der Waals surface area contributed by atoms with Crippen LogP contribution in [0.3, 0.4) is 0 Å². The molecule has 0 radical (unpaired) electrons. The van der Waals surface area contributed by atoms with Gasteiger partial charge in [0.15, 0.2) is 0 Å². The summed E-state index contributed by atoms with van der Waals surface area (Å²) in [5.74, 6) is -1.24. The van der Waals surface area contributed by atoms with Crippen molar-refractivity contribution in [1.29, 1.82) is 0 Å². The van der Waals surface area contributed by atoms with Crippen LogP contribution >= 0.6 is 0 Å². The molecule has 0 unspecified atom stereocenters. The van der Waals surface area contributed by atoms with Crippen LogP contribution in [0.4, 0.5) is 13.2 Å². The van der Waals surface area contributed by atoms with E-state index >= 15 is 0 Å². The van der Waals surface area contributed by atoms with Crippen LogP contribution in [0.1, 0.15) is 30.0 Å². The molecule has 1 atom stereocenters. The van der Waals surface area contributed by atoms with E-state index in [1.165, 1.54) is 18.2 Å². The lowest BCUT2D eigenvalue weighted by atomic mass is 9.99. The third-order valence-corrected chi connectivity index (χ3v) is 3.30. The van der Waals surface area contributed by atoms with Gasteiger partial charge in [0, 0.05) is 0 Å². The number of aliphatic carboxylic acids is 1. The number of carboxylic acid groups (broad SMARTS) is 1. The molecule has 19 heavy (non-hydrogen) atoms. The van der Waals surface area contributed by atoms with Crippen molar-refractivity contribution in [3.8, 4) is 0 Å². The van der Waals surface area contributed by atoms with E-state index < -0.39 is 23.8 Å². The summed E-state index contributed by atoms with van der Waals surface area (Å²) in [5.41, 5.74) is -1.04. The second-order valence-electron chi connectivity index (χ2n) is 4.57. The summed E-state index contributed by atoms with van der Waals surface area (Å²) in [4.78, 5) is 12.9. The van der Waals surface area contributed by atoms with E-state index in [9.17, 15) is 23.1 Å². The number of rotatable bonds is 3. The lowest BCUT2D eigenvalue weighted by molar-refractivity contribution is -0.145. The number of halogens is 3. The van der Waals surface area contributed by atoms with Crippen LogP contribution in [0.15, 0.2) is 24.3 Å². The van der Waals surface area contributed by atoms with Gasteiger partial charge in [-0.05, 0) is 37.6 Å². The van der Waals surface area contributed by atoms with E-state index in [-0.39, 0.29) is 5.56 Å². The highest BCUT2D eigenvalue weighted by Crippen LogP contribution is 2.37. The van der Waals surface area contributed by atoms with Crippen LogP contribution in [0.5, 0.6) is 0 Å². The van der Waals surface area contributed by atoms with Gasteiger partial charge in [-0.1, -0.05) is 18.2 Å². The minimum absolute atomic E-state index is 0.176. The van der Waals surface area contributed by atoms with E-state index in [4.69, 9.17) is 0 Å². The molecule has 0 bridgehead atoms. The molecule has 1 aliphatic heterocycles. The topological polar surface area (TPSA) is 40.5 Å². The fourth-order valence-electron chi connectivity index (χ4n) is 2.48. The molecular weight excluding hydrogens is 259 g/mol. The Morgan fingerprint density at radius 2 is 1.79 bits per heavy atom. The highest BCUT2D eigenvalue weighted by atomic mass is 19.4. The molecule has 2 rings (SSSR count). The normalized spacial score (nSPS) is 18.5. The summed E-state index contributed by atoms with van der Waals surface area (Å²) in [7, 11) is 0. The average molecular weight is 273 g/mol. The molecule has 0 saturated carbocycles. The zero-order chi connectivity index (χ0) is 14.0. The molecule has 1 heterocycles. The maximum absolute atomic E-state index is 12.9. The molecule has 0 spiro atoms. The maximum Gasteiger partial charge on any atom is 0.416 e. The van der Waals surface area contributed by atoms with E-state index in [1.807, 2.05) is 0 Å². The highest BCUT2D eigenvalue weighted by molar-refractivity contribution is 5.76. The van der Waals surface area contributed by atoms with Crippen molar-refractivity contribution in [2.75, 3.05) is 13.1 Å². The second-order valence-corrected chi connectivity index (χ2v) is 4.57. The van der Waals surface area contributed by atoms with Gasteiger partial charge in [-0.3, -0.25) is 9.69 Å². The molecule has 6 heteroatoms. The van der Waals surface area contributed by atoms with Gasteiger partial charge in [-0.2, -0.15) is 13.2 Å². The summed E-state index contributed by atoms with van der Waals surface area (Å²) >= 11 is 0. The molecule has 1 fully saturated rings. The quantitative estimate of drug-likeness (QED) is 0.920. The number of likely N-dealkylation sites (tertiary alicyclic amines) is 1. The Morgan fingerprint density at radius 1 is 1.21 bits per heavy atom. The first-order valence-corrected chi connectivity index (χ1v) is 6.04. The molecular formula is C13H14F3NO2. The number of alkyl halides is 3. The Bertz CT molecular complexity index is 467. The van der Waals surface area contributed by atoms with Gasteiger partial charge >= 0.3 is 12.1 Å². The Labute approximate surface area is 108 Å². The number of carbonyl (C=O) groups is 1. The Hall–Kier alpha value is -1.56. The Kier molecular flexibility index (Phi) is 3.80. The summed E-state index contributed by atoms with van der Waals surface area (Å²) in [6, 6.07) is 3.67. The molecule has 0 aliphatic carbocycles. The van der Waals surface area contributed by atoms with Crippen molar-refractivity contribution >= 4 is 5.97 Å². The van der Waals surface area contributed by atoms with Crippen LogP contribution < -0.4 is 0 Å². The zero-order valence-electron chi connectivity index (χ0n) is 10.2. The van der Waals surface area contributed by atoms with Crippen molar-refractivity contribution in [3.05, 3.63) is 35.4 Å². The maximum atomic E-state index is 12.9. The number of hydrogen-bond acceptors (Lipinski definition) is 2. The number of carboxylic acids is 1. The number of nitrogens with zero attached hydrogens (tertiary/aromatic N) is 1. The highest BCUT2D eigenvalue weighted by Gasteiger charge is 2.39. The Balaban J connectivity index is 2.45. The van der Waals surface area contributed by atoms with Crippen molar-refractivity contribution in [2.24, 2.45) is 0 Å². The second kappa shape index (κ2) is 5.21. The fraction of sp³-hybridized carbons (Fsp3) is 0.462. The molecule has 1 aliphatic rings. The van der Waals surface area contributed by atoms with Crippen LogP contribution in [0.2, 0.25) is 0 Å². The van der Waals surface area contributed by atoms with Gasteiger partial charge < -0.3 is 5.11 Å². The molecule has 0 amide bonds. The minimum Gasteiger partial charge on any atom is -0.480 e. The summed E-state index contributed by atoms with van der Waals surface area (Å²) < 4.78 is 38.8. The molecule has 1 aromatic carbocycles. The van der Waals surface area contributed by atoms with Gasteiger partial charge in [0.2, 0.25) is 0 Å². The van der Waals surface area contributed by atoms with Crippen LogP contribution in [0.25, 0.3) is 0 Å². The average Bonchev–Trinajstić information content (AvgIpc) is 2.81.